The van der Waals surface area contributed by atoms with E-state index in [2.05, 4.69) is 20.3 Å². The van der Waals surface area contributed by atoms with Gasteiger partial charge in [0.1, 0.15) is 5.83 Å². The molecule has 2 unspecified atom stereocenters. The number of halogens is 1. The third kappa shape index (κ3) is 3.06. The maximum atomic E-state index is 13.7. The first-order valence-electron chi connectivity index (χ1n) is 8.74. The number of hydrogen-bond donors (Lipinski definition) is 0. The van der Waals surface area contributed by atoms with Crippen LogP contribution in [0.25, 0.3) is 0 Å². The number of tetrazole rings is 1. The summed E-state index contributed by atoms with van der Waals surface area (Å²) in [5.74, 6) is 0.632. The van der Waals surface area contributed by atoms with E-state index in [1.54, 1.807) is 18.0 Å². The SMILES string of the molecule is Cn1nnc(CN2CC3COCCC3(C(=O)N3CCC=C(F)C3)C2)n1. The van der Waals surface area contributed by atoms with Crippen LogP contribution in [-0.4, -0.2) is 75.3 Å². The van der Waals surface area contributed by atoms with Crippen molar-refractivity contribution in [2.75, 3.05) is 39.4 Å². The summed E-state index contributed by atoms with van der Waals surface area (Å²) in [5.41, 5.74) is -0.488. The van der Waals surface area contributed by atoms with Gasteiger partial charge >= 0.3 is 0 Å². The zero-order valence-electron chi connectivity index (χ0n) is 14.4. The lowest BCUT2D eigenvalue weighted by atomic mass is 9.73. The smallest absolute Gasteiger partial charge is 0.230 e. The second kappa shape index (κ2) is 6.45. The number of fused-ring (bicyclic) bond motifs is 1. The van der Waals surface area contributed by atoms with Crippen LogP contribution in [0.1, 0.15) is 18.7 Å². The van der Waals surface area contributed by atoms with Crippen LogP contribution in [0.5, 0.6) is 0 Å². The molecule has 9 heteroatoms. The van der Waals surface area contributed by atoms with E-state index in [0.29, 0.717) is 51.5 Å². The van der Waals surface area contributed by atoms with Crippen molar-refractivity contribution >= 4 is 5.91 Å². The Bertz CT molecular complexity index is 692. The molecule has 0 radical (unpaired) electrons. The summed E-state index contributed by atoms with van der Waals surface area (Å²) in [7, 11) is 1.73. The average molecular weight is 350 g/mol. The molecule has 3 aliphatic heterocycles. The first kappa shape index (κ1) is 16.6. The van der Waals surface area contributed by atoms with Crippen molar-refractivity contribution in [2.24, 2.45) is 18.4 Å². The molecule has 1 aromatic rings. The van der Waals surface area contributed by atoms with E-state index in [-0.39, 0.29) is 24.2 Å². The van der Waals surface area contributed by atoms with Gasteiger partial charge in [0.2, 0.25) is 5.91 Å². The maximum absolute atomic E-state index is 13.7. The Morgan fingerprint density at radius 2 is 2.40 bits per heavy atom. The van der Waals surface area contributed by atoms with Crippen molar-refractivity contribution in [3.63, 3.8) is 0 Å². The van der Waals surface area contributed by atoms with Gasteiger partial charge in [-0.2, -0.15) is 4.80 Å². The number of carbonyl (C=O) groups excluding carboxylic acids is 1. The van der Waals surface area contributed by atoms with Crippen molar-refractivity contribution < 1.29 is 13.9 Å². The molecule has 2 atom stereocenters. The normalized spacial score (nSPS) is 30.2. The van der Waals surface area contributed by atoms with Crippen LogP contribution < -0.4 is 0 Å². The van der Waals surface area contributed by atoms with Crippen LogP contribution in [0.15, 0.2) is 11.9 Å². The molecule has 8 nitrogen and oxygen atoms in total. The minimum atomic E-state index is -0.488. The van der Waals surface area contributed by atoms with Gasteiger partial charge in [0.15, 0.2) is 5.82 Å². The zero-order chi connectivity index (χ0) is 17.4. The quantitative estimate of drug-likeness (QED) is 0.772. The predicted molar refractivity (Wildman–Crippen MR) is 85.8 cm³/mol. The highest BCUT2D eigenvalue weighted by Crippen LogP contribution is 2.44. The molecule has 4 rings (SSSR count). The number of amides is 1. The van der Waals surface area contributed by atoms with Gasteiger partial charge in [-0.15, -0.1) is 10.2 Å². The molecule has 2 saturated heterocycles. The number of carbonyl (C=O) groups is 1. The fraction of sp³-hybridized carbons (Fsp3) is 0.750. The third-order valence-electron chi connectivity index (χ3n) is 5.51. The summed E-state index contributed by atoms with van der Waals surface area (Å²) in [6.07, 6.45) is 2.84. The molecule has 0 N–H and O–H groups in total. The van der Waals surface area contributed by atoms with Crippen LogP contribution in [0, 0.1) is 11.3 Å². The number of hydrogen-bond acceptors (Lipinski definition) is 6. The van der Waals surface area contributed by atoms with E-state index < -0.39 is 5.41 Å². The molecular weight excluding hydrogens is 327 g/mol. The zero-order valence-corrected chi connectivity index (χ0v) is 14.4. The number of aromatic nitrogens is 4. The number of ether oxygens (including phenoxy) is 1. The summed E-state index contributed by atoms with van der Waals surface area (Å²) in [4.78, 5) is 18.6. The summed E-state index contributed by atoms with van der Waals surface area (Å²) >= 11 is 0. The van der Waals surface area contributed by atoms with E-state index in [4.69, 9.17) is 4.74 Å². The summed E-state index contributed by atoms with van der Waals surface area (Å²) in [5, 5.41) is 12.1. The highest BCUT2D eigenvalue weighted by Gasteiger charge is 2.54. The van der Waals surface area contributed by atoms with Gasteiger partial charge in [0.05, 0.1) is 32.2 Å². The van der Waals surface area contributed by atoms with Crippen LogP contribution in [0.4, 0.5) is 4.39 Å². The molecule has 0 aromatic carbocycles. The van der Waals surface area contributed by atoms with Crippen molar-refractivity contribution in [3.05, 3.63) is 17.7 Å². The van der Waals surface area contributed by atoms with Crippen molar-refractivity contribution in [1.29, 1.82) is 0 Å². The Hall–Kier alpha value is -1.87. The number of nitrogens with zero attached hydrogens (tertiary/aromatic N) is 6. The molecule has 0 spiro atoms. The third-order valence-corrected chi connectivity index (χ3v) is 5.51. The second-order valence-electron chi connectivity index (χ2n) is 7.21. The lowest BCUT2D eigenvalue weighted by Gasteiger charge is -2.41. The predicted octanol–water partition coefficient (Wildman–Crippen LogP) is 0.134. The lowest BCUT2D eigenvalue weighted by Crippen LogP contribution is -2.53. The van der Waals surface area contributed by atoms with Crippen LogP contribution in [0.3, 0.4) is 0 Å². The summed E-state index contributed by atoms with van der Waals surface area (Å²) in [6.45, 7) is 3.80. The topological polar surface area (TPSA) is 76.4 Å². The molecule has 0 aliphatic carbocycles. The Kier molecular flexibility index (Phi) is 4.28. The minimum absolute atomic E-state index is 0.0682. The van der Waals surface area contributed by atoms with Crippen molar-refractivity contribution in [1.82, 2.24) is 30.0 Å². The molecule has 136 valence electrons. The fourth-order valence-corrected chi connectivity index (χ4v) is 4.30. The van der Waals surface area contributed by atoms with Gasteiger partial charge in [0.25, 0.3) is 0 Å². The van der Waals surface area contributed by atoms with E-state index in [1.165, 1.54) is 4.80 Å². The molecule has 0 saturated carbocycles. The highest BCUT2D eigenvalue weighted by atomic mass is 19.1. The average Bonchev–Trinajstić information content (AvgIpc) is 3.17. The Balaban J connectivity index is 1.53. The largest absolute Gasteiger partial charge is 0.381 e. The van der Waals surface area contributed by atoms with Gasteiger partial charge in [-0.05, 0) is 24.1 Å². The standard InChI is InChI=1S/C16H23FN6O2/c1-21-19-14(18-20-21)9-22-7-12-10-25-6-4-16(12,11-22)15(24)23-5-2-3-13(17)8-23/h3,12H,2,4-11H2,1H3. The first-order valence-corrected chi connectivity index (χ1v) is 8.74. The number of aryl methyl sites for hydroxylation is 1. The van der Waals surface area contributed by atoms with Gasteiger partial charge in [-0.1, -0.05) is 0 Å². The Morgan fingerprint density at radius 1 is 1.52 bits per heavy atom. The van der Waals surface area contributed by atoms with Crippen LogP contribution in [0.2, 0.25) is 0 Å². The molecule has 4 heterocycles. The number of likely N-dealkylation sites (tertiary alicyclic amines) is 1. The van der Waals surface area contributed by atoms with E-state index in [0.717, 1.165) is 6.54 Å². The summed E-state index contributed by atoms with van der Waals surface area (Å²) in [6, 6.07) is 0. The molecule has 1 amide bonds. The van der Waals surface area contributed by atoms with Crippen molar-refractivity contribution in [2.45, 2.75) is 19.4 Å². The molecule has 3 aliphatic rings. The van der Waals surface area contributed by atoms with Crippen LogP contribution in [-0.2, 0) is 23.1 Å². The van der Waals surface area contributed by atoms with Gasteiger partial charge in [0, 0.05) is 32.2 Å². The summed E-state index contributed by atoms with van der Waals surface area (Å²) < 4.78 is 19.3. The lowest BCUT2D eigenvalue weighted by molar-refractivity contribution is -0.150. The maximum Gasteiger partial charge on any atom is 0.230 e. The van der Waals surface area contributed by atoms with E-state index >= 15 is 0 Å². The Morgan fingerprint density at radius 3 is 3.16 bits per heavy atom. The highest BCUT2D eigenvalue weighted by molar-refractivity contribution is 5.84. The second-order valence-corrected chi connectivity index (χ2v) is 7.21. The Labute approximate surface area is 145 Å². The van der Waals surface area contributed by atoms with E-state index in [9.17, 15) is 9.18 Å². The van der Waals surface area contributed by atoms with Gasteiger partial charge < -0.3 is 9.64 Å². The molecular formula is C16H23FN6O2. The molecule has 0 bridgehead atoms. The van der Waals surface area contributed by atoms with Crippen molar-refractivity contribution in [3.8, 4) is 0 Å². The van der Waals surface area contributed by atoms with Crippen LogP contribution >= 0.6 is 0 Å². The first-order chi connectivity index (χ1) is 12.1. The molecule has 2 fully saturated rings. The fourth-order valence-electron chi connectivity index (χ4n) is 4.30. The van der Waals surface area contributed by atoms with E-state index in [1.807, 2.05) is 0 Å². The van der Waals surface area contributed by atoms with Gasteiger partial charge in [-0.25, -0.2) is 4.39 Å². The molecule has 1 aromatic heterocycles. The molecule has 25 heavy (non-hydrogen) atoms. The monoisotopic (exact) mass is 350 g/mol. The number of rotatable bonds is 3. The minimum Gasteiger partial charge on any atom is -0.381 e. The van der Waals surface area contributed by atoms with Gasteiger partial charge in [-0.3, -0.25) is 9.69 Å².